The van der Waals surface area contributed by atoms with Gasteiger partial charge in [0.25, 0.3) is 0 Å². The molecule has 1 saturated heterocycles. The van der Waals surface area contributed by atoms with E-state index in [1.165, 1.54) is 6.42 Å². The Morgan fingerprint density at radius 2 is 1.71 bits per heavy atom. The second-order valence-corrected chi connectivity index (χ2v) is 8.61. The molecule has 1 aliphatic heterocycles. The third-order valence-electron chi connectivity index (χ3n) is 5.65. The Morgan fingerprint density at radius 3 is 2.36 bits per heavy atom. The van der Waals surface area contributed by atoms with E-state index in [0.29, 0.717) is 19.6 Å². The molecule has 0 radical (unpaired) electrons. The average molecular weight is 450 g/mol. The molecule has 0 aromatic heterocycles. The zero-order valence-corrected chi connectivity index (χ0v) is 17.9. The molecule has 0 spiro atoms. The van der Waals surface area contributed by atoms with Crippen LogP contribution in [-0.2, 0) is 14.4 Å². The van der Waals surface area contributed by atoms with Gasteiger partial charge in [-0.3, -0.25) is 14.4 Å². The Hall–Kier alpha value is -1.89. The molecule has 1 aromatic carbocycles. The molecule has 1 heterocycles. The van der Waals surface area contributed by atoms with Gasteiger partial charge in [-0.05, 0) is 43.5 Å². The van der Waals surface area contributed by atoms with Gasteiger partial charge in [-0.15, -0.1) is 0 Å². The molecule has 2 N–H and O–H groups in total. The van der Waals surface area contributed by atoms with E-state index in [1.807, 2.05) is 25.1 Å². The zero-order valence-electron chi connectivity index (χ0n) is 16.3. The van der Waals surface area contributed by atoms with E-state index in [-0.39, 0.29) is 36.0 Å². The van der Waals surface area contributed by atoms with Crippen molar-refractivity contribution in [3.8, 4) is 0 Å². The molecule has 152 valence electrons. The number of rotatable bonds is 6. The first kappa shape index (κ1) is 20.8. The summed E-state index contributed by atoms with van der Waals surface area (Å²) in [6.45, 7) is 3.18. The third-order valence-corrected chi connectivity index (χ3v) is 6.54. The summed E-state index contributed by atoms with van der Waals surface area (Å²) >= 11 is 3.46. The number of hydrogen-bond acceptors (Lipinski definition) is 3. The molecule has 1 unspecified atom stereocenters. The Kier molecular flexibility index (Phi) is 7.10. The van der Waals surface area contributed by atoms with Crippen LogP contribution in [0.25, 0.3) is 0 Å². The fourth-order valence-electron chi connectivity index (χ4n) is 3.95. The Bertz CT molecular complexity index is 746. The molecule has 1 atom stereocenters. The second-order valence-electron chi connectivity index (χ2n) is 7.76. The number of halogens is 1. The van der Waals surface area contributed by atoms with E-state index >= 15 is 0 Å². The van der Waals surface area contributed by atoms with Crippen molar-refractivity contribution in [1.29, 1.82) is 0 Å². The van der Waals surface area contributed by atoms with Crippen LogP contribution in [0, 0.1) is 18.8 Å². The van der Waals surface area contributed by atoms with Crippen LogP contribution in [0.4, 0.5) is 5.69 Å². The lowest BCUT2D eigenvalue weighted by Gasteiger charge is -2.21. The maximum absolute atomic E-state index is 12.4. The summed E-state index contributed by atoms with van der Waals surface area (Å²) in [5.74, 6) is -0.295. The largest absolute Gasteiger partial charge is 0.354 e. The minimum atomic E-state index is -0.356. The highest BCUT2D eigenvalue weighted by Crippen LogP contribution is 2.28. The molecular weight excluding hydrogens is 422 g/mol. The quantitative estimate of drug-likeness (QED) is 0.655. The van der Waals surface area contributed by atoms with Crippen molar-refractivity contribution >= 4 is 39.3 Å². The zero-order chi connectivity index (χ0) is 20.1. The first-order chi connectivity index (χ1) is 13.5. The minimum Gasteiger partial charge on any atom is -0.354 e. The maximum Gasteiger partial charge on any atom is 0.227 e. The molecule has 2 fully saturated rings. The molecule has 0 bridgehead atoms. The van der Waals surface area contributed by atoms with E-state index in [2.05, 4.69) is 26.6 Å². The summed E-state index contributed by atoms with van der Waals surface area (Å²) in [5.41, 5.74) is 1.87. The number of anilines is 1. The van der Waals surface area contributed by atoms with Crippen molar-refractivity contribution < 1.29 is 14.4 Å². The SMILES string of the molecule is Cc1cc(N2CC(C(=O)NCCNC(=O)C3CCCCC3)CC2=O)ccc1Br. The molecule has 3 rings (SSSR count). The molecule has 28 heavy (non-hydrogen) atoms. The lowest BCUT2D eigenvalue weighted by atomic mass is 9.89. The number of carbonyl (C=O) groups is 3. The predicted octanol–water partition coefficient (Wildman–Crippen LogP) is 2.92. The number of amides is 3. The summed E-state index contributed by atoms with van der Waals surface area (Å²) < 4.78 is 0.993. The van der Waals surface area contributed by atoms with Crippen LogP contribution in [0.1, 0.15) is 44.1 Å². The van der Waals surface area contributed by atoms with Gasteiger partial charge in [0.1, 0.15) is 0 Å². The van der Waals surface area contributed by atoms with Crippen molar-refractivity contribution in [1.82, 2.24) is 10.6 Å². The van der Waals surface area contributed by atoms with Crippen molar-refractivity contribution in [2.75, 3.05) is 24.5 Å². The fourth-order valence-corrected chi connectivity index (χ4v) is 4.20. The van der Waals surface area contributed by atoms with E-state index in [9.17, 15) is 14.4 Å². The van der Waals surface area contributed by atoms with Crippen LogP contribution in [0.15, 0.2) is 22.7 Å². The molecule has 7 heteroatoms. The van der Waals surface area contributed by atoms with Crippen molar-refractivity contribution in [3.63, 3.8) is 0 Å². The summed E-state index contributed by atoms with van der Waals surface area (Å²) in [6, 6.07) is 5.75. The molecule has 6 nitrogen and oxygen atoms in total. The number of hydrogen-bond donors (Lipinski definition) is 2. The van der Waals surface area contributed by atoms with Gasteiger partial charge in [0.2, 0.25) is 17.7 Å². The lowest BCUT2D eigenvalue weighted by Crippen LogP contribution is -2.40. The molecule has 1 aliphatic carbocycles. The lowest BCUT2D eigenvalue weighted by molar-refractivity contribution is -0.127. The highest BCUT2D eigenvalue weighted by Gasteiger charge is 2.35. The first-order valence-electron chi connectivity index (χ1n) is 10.1. The van der Waals surface area contributed by atoms with Crippen molar-refractivity contribution in [3.05, 3.63) is 28.2 Å². The van der Waals surface area contributed by atoms with Crippen LogP contribution in [0.3, 0.4) is 0 Å². The second kappa shape index (κ2) is 9.54. The number of aryl methyl sites for hydroxylation is 1. The topological polar surface area (TPSA) is 78.5 Å². The monoisotopic (exact) mass is 449 g/mol. The minimum absolute atomic E-state index is 0.0347. The van der Waals surface area contributed by atoms with Gasteiger partial charge in [-0.2, -0.15) is 0 Å². The molecular formula is C21H28BrN3O3. The van der Waals surface area contributed by atoms with Gasteiger partial charge in [0, 0.05) is 42.1 Å². The standard InChI is InChI=1S/C21H28BrN3O3/c1-14-11-17(7-8-18(14)22)25-13-16(12-19(25)26)21(28)24-10-9-23-20(27)15-5-3-2-4-6-15/h7-8,11,15-16H,2-6,9-10,12-13H2,1H3,(H,23,27)(H,24,28). The molecule has 2 aliphatic rings. The highest BCUT2D eigenvalue weighted by molar-refractivity contribution is 9.10. The third kappa shape index (κ3) is 5.13. The van der Waals surface area contributed by atoms with Crippen LogP contribution in [0.5, 0.6) is 0 Å². The van der Waals surface area contributed by atoms with Crippen LogP contribution < -0.4 is 15.5 Å². The van der Waals surface area contributed by atoms with Gasteiger partial charge < -0.3 is 15.5 Å². The van der Waals surface area contributed by atoms with E-state index in [0.717, 1.165) is 41.4 Å². The first-order valence-corrected chi connectivity index (χ1v) is 10.9. The van der Waals surface area contributed by atoms with Gasteiger partial charge in [-0.25, -0.2) is 0 Å². The van der Waals surface area contributed by atoms with E-state index in [4.69, 9.17) is 0 Å². The Labute approximate surface area is 174 Å². The van der Waals surface area contributed by atoms with Gasteiger partial charge in [-0.1, -0.05) is 35.2 Å². The maximum atomic E-state index is 12.4. The summed E-state index contributed by atoms with van der Waals surface area (Å²) in [4.78, 5) is 38.6. The summed E-state index contributed by atoms with van der Waals surface area (Å²) in [5, 5.41) is 5.77. The molecule has 1 aromatic rings. The Morgan fingerprint density at radius 1 is 1.07 bits per heavy atom. The van der Waals surface area contributed by atoms with Gasteiger partial charge in [0.05, 0.1) is 5.92 Å². The van der Waals surface area contributed by atoms with E-state index < -0.39 is 0 Å². The number of nitrogens with zero attached hydrogens (tertiary/aromatic N) is 1. The van der Waals surface area contributed by atoms with Crippen LogP contribution in [-0.4, -0.2) is 37.4 Å². The molecule has 3 amide bonds. The number of carbonyl (C=O) groups excluding carboxylic acids is 3. The van der Waals surface area contributed by atoms with Crippen molar-refractivity contribution in [2.45, 2.75) is 45.4 Å². The summed E-state index contributed by atoms with van der Waals surface area (Å²) in [6.07, 6.45) is 5.62. The van der Waals surface area contributed by atoms with Gasteiger partial charge >= 0.3 is 0 Å². The normalized spacial score (nSPS) is 20.3. The fraction of sp³-hybridized carbons (Fsp3) is 0.571. The highest BCUT2D eigenvalue weighted by atomic mass is 79.9. The van der Waals surface area contributed by atoms with Crippen LogP contribution in [0.2, 0.25) is 0 Å². The average Bonchev–Trinajstić information content (AvgIpc) is 3.09. The number of benzene rings is 1. The predicted molar refractivity (Wildman–Crippen MR) is 112 cm³/mol. The Balaban J connectivity index is 1.43. The van der Waals surface area contributed by atoms with Crippen molar-refractivity contribution in [2.24, 2.45) is 11.8 Å². The smallest absolute Gasteiger partial charge is 0.227 e. The van der Waals surface area contributed by atoms with Gasteiger partial charge in [0.15, 0.2) is 0 Å². The van der Waals surface area contributed by atoms with Crippen LogP contribution >= 0.6 is 15.9 Å². The number of nitrogens with one attached hydrogen (secondary N) is 2. The van der Waals surface area contributed by atoms with E-state index in [1.54, 1.807) is 4.90 Å². The summed E-state index contributed by atoms with van der Waals surface area (Å²) in [7, 11) is 0. The molecule has 1 saturated carbocycles.